The minimum atomic E-state index is -1.04. The maximum atomic E-state index is 13.9. The van der Waals surface area contributed by atoms with Gasteiger partial charge in [-0.2, -0.15) is 0 Å². The first-order valence-corrected chi connectivity index (χ1v) is 12.2. The highest BCUT2D eigenvalue weighted by atomic mass is 16.6. The number of fused-ring (bicyclic) bond motifs is 3. The average Bonchev–Trinajstić information content (AvgIpc) is 3.50. The molecule has 3 aliphatic carbocycles. The van der Waals surface area contributed by atoms with Gasteiger partial charge in [-0.05, 0) is 49.0 Å². The molecule has 1 aliphatic heterocycles. The van der Waals surface area contributed by atoms with Gasteiger partial charge in [-0.3, -0.25) is 19.2 Å². The number of carbonyl (C=O) groups is 4. The molecular formula is C26H32O8. The number of ether oxygens (including phenoxy) is 3. The van der Waals surface area contributed by atoms with Gasteiger partial charge in [-0.15, -0.1) is 0 Å². The molecule has 8 nitrogen and oxygen atoms in total. The predicted molar refractivity (Wildman–Crippen MR) is 117 cm³/mol. The molecule has 0 N–H and O–H groups in total. The Morgan fingerprint density at radius 2 is 1.85 bits per heavy atom. The van der Waals surface area contributed by atoms with Crippen molar-refractivity contribution in [3.05, 3.63) is 23.7 Å². The van der Waals surface area contributed by atoms with Gasteiger partial charge >= 0.3 is 17.9 Å². The number of methoxy groups -OCH3 is 1. The summed E-state index contributed by atoms with van der Waals surface area (Å²) in [6.07, 6.45) is 3.73. The molecule has 4 fully saturated rings. The molecule has 34 heavy (non-hydrogen) atoms. The second-order valence-corrected chi connectivity index (χ2v) is 11.0. The van der Waals surface area contributed by atoms with Crippen LogP contribution in [0.4, 0.5) is 0 Å². The number of carbonyl (C=O) groups excluding carboxylic acids is 4. The number of hydrogen-bond acceptors (Lipinski definition) is 8. The van der Waals surface area contributed by atoms with E-state index in [2.05, 4.69) is 0 Å². The van der Waals surface area contributed by atoms with Gasteiger partial charge in [-0.1, -0.05) is 13.8 Å². The fraction of sp³-hybridized carbons (Fsp3) is 0.692. The van der Waals surface area contributed by atoms with Crippen molar-refractivity contribution >= 4 is 23.7 Å². The van der Waals surface area contributed by atoms with Crippen LogP contribution in [0.5, 0.6) is 0 Å². The van der Waals surface area contributed by atoms with Gasteiger partial charge in [0.25, 0.3) is 0 Å². The molecule has 5 rings (SSSR count). The van der Waals surface area contributed by atoms with E-state index >= 15 is 0 Å². The summed E-state index contributed by atoms with van der Waals surface area (Å²) < 4.78 is 22.2. The number of esters is 3. The Kier molecular flexibility index (Phi) is 5.41. The molecule has 0 spiro atoms. The molecule has 1 aromatic heterocycles. The van der Waals surface area contributed by atoms with Crippen LogP contribution < -0.4 is 0 Å². The molecule has 3 saturated carbocycles. The molecule has 1 saturated heterocycles. The lowest BCUT2D eigenvalue weighted by atomic mass is 9.43. The van der Waals surface area contributed by atoms with Crippen molar-refractivity contribution in [2.24, 2.45) is 28.6 Å². The maximum Gasteiger partial charge on any atom is 0.310 e. The highest BCUT2D eigenvalue weighted by molar-refractivity contribution is 5.93. The molecule has 0 radical (unpaired) electrons. The summed E-state index contributed by atoms with van der Waals surface area (Å²) in [5, 5.41) is 0. The standard InChI is InChI=1S/C26H32O8/c1-13(27)33-18-11-17(23(29)31-4)25(2)9-7-16-24(30)34-19(12-26(16,3)22(25)20(18)28)15-8-10-32-21(15)14-5-6-14/h8,10,14,16-19,22H,5-7,9,11-12H2,1-4H3/t16-,17-,18-,19-,22-,25-,26-/m0/s1. The molecule has 4 aliphatic rings. The number of hydrogen-bond donors (Lipinski definition) is 0. The lowest BCUT2D eigenvalue weighted by molar-refractivity contribution is -0.210. The Bertz CT molecular complexity index is 1040. The van der Waals surface area contributed by atoms with Gasteiger partial charge in [0.15, 0.2) is 11.9 Å². The minimum absolute atomic E-state index is 0.0975. The van der Waals surface area contributed by atoms with E-state index in [1.807, 2.05) is 19.9 Å². The lowest BCUT2D eigenvalue weighted by Crippen LogP contribution is -2.64. The van der Waals surface area contributed by atoms with E-state index in [4.69, 9.17) is 18.6 Å². The lowest BCUT2D eigenvalue weighted by Gasteiger charge is -2.61. The van der Waals surface area contributed by atoms with E-state index in [0.717, 1.165) is 24.2 Å². The summed E-state index contributed by atoms with van der Waals surface area (Å²) in [5.74, 6) is -2.07. The van der Waals surface area contributed by atoms with E-state index in [-0.39, 0.29) is 18.2 Å². The van der Waals surface area contributed by atoms with Gasteiger partial charge in [-0.25, -0.2) is 0 Å². The van der Waals surface area contributed by atoms with Crippen molar-refractivity contribution in [3.8, 4) is 0 Å². The summed E-state index contributed by atoms with van der Waals surface area (Å²) in [4.78, 5) is 51.9. The topological polar surface area (TPSA) is 109 Å². The SMILES string of the molecule is COC(=O)[C@@H]1C[C@H](OC(C)=O)C(=O)[C@H]2[C@@]1(C)CC[C@H]1C(=O)O[C@H](c3ccoc3C3CC3)C[C@]21C. The average molecular weight is 473 g/mol. The third-order valence-electron chi connectivity index (χ3n) is 8.92. The van der Waals surface area contributed by atoms with E-state index in [1.54, 1.807) is 6.26 Å². The molecule has 184 valence electrons. The minimum Gasteiger partial charge on any atom is -0.469 e. The summed E-state index contributed by atoms with van der Waals surface area (Å²) in [6.45, 7) is 5.17. The highest BCUT2D eigenvalue weighted by Crippen LogP contribution is 2.65. The molecule has 8 heteroatoms. The van der Waals surface area contributed by atoms with E-state index < -0.39 is 52.7 Å². The number of cyclic esters (lactones) is 1. The first-order valence-electron chi connectivity index (χ1n) is 12.2. The van der Waals surface area contributed by atoms with E-state index in [1.165, 1.54) is 14.0 Å². The molecule has 0 bridgehead atoms. The maximum absolute atomic E-state index is 13.9. The zero-order valence-electron chi connectivity index (χ0n) is 20.1. The molecule has 0 amide bonds. The molecule has 0 aromatic carbocycles. The Morgan fingerprint density at radius 3 is 2.50 bits per heavy atom. The van der Waals surface area contributed by atoms with Crippen LogP contribution in [0.25, 0.3) is 0 Å². The van der Waals surface area contributed by atoms with Crippen molar-refractivity contribution in [1.29, 1.82) is 0 Å². The van der Waals surface area contributed by atoms with E-state index in [9.17, 15) is 19.2 Å². The fourth-order valence-electron chi connectivity index (χ4n) is 7.27. The number of ketones is 1. The van der Waals surface area contributed by atoms with Crippen molar-refractivity contribution in [2.75, 3.05) is 7.11 Å². The van der Waals surface area contributed by atoms with Crippen LogP contribution in [0.2, 0.25) is 0 Å². The van der Waals surface area contributed by atoms with Crippen LogP contribution in [-0.2, 0) is 33.4 Å². The molecule has 1 aromatic rings. The summed E-state index contributed by atoms with van der Waals surface area (Å²) in [7, 11) is 1.33. The normalized spacial score (nSPS) is 39.5. The van der Waals surface area contributed by atoms with Crippen LogP contribution in [-0.4, -0.2) is 36.9 Å². The predicted octanol–water partition coefficient (Wildman–Crippen LogP) is 3.88. The summed E-state index contributed by atoms with van der Waals surface area (Å²) in [6, 6.07) is 1.86. The molecule has 2 heterocycles. The highest BCUT2D eigenvalue weighted by Gasteiger charge is 2.68. The van der Waals surface area contributed by atoms with Crippen molar-refractivity contribution in [2.45, 2.75) is 77.4 Å². The van der Waals surface area contributed by atoms with Crippen LogP contribution in [0, 0.1) is 28.6 Å². The summed E-state index contributed by atoms with van der Waals surface area (Å²) in [5.41, 5.74) is -0.621. The monoisotopic (exact) mass is 472 g/mol. The summed E-state index contributed by atoms with van der Waals surface area (Å²) >= 11 is 0. The van der Waals surface area contributed by atoms with Crippen molar-refractivity contribution in [1.82, 2.24) is 0 Å². The van der Waals surface area contributed by atoms with Gasteiger partial charge in [0.2, 0.25) is 0 Å². The molecular weight excluding hydrogens is 440 g/mol. The molecule has 7 atom stereocenters. The first kappa shape index (κ1) is 23.1. The second kappa shape index (κ2) is 7.95. The largest absolute Gasteiger partial charge is 0.469 e. The van der Waals surface area contributed by atoms with Crippen LogP contribution in [0.15, 0.2) is 16.7 Å². The quantitative estimate of drug-likeness (QED) is 0.480. The van der Waals surface area contributed by atoms with Crippen molar-refractivity contribution in [3.63, 3.8) is 0 Å². The smallest absolute Gasteiger partial charge is 0.310 e. The van der Waals surface area contributed by atoms with Crippen molar-refractivity contribution < 1.29 is 37.8 Å². The van der Waals surface area contributed by atoms with Gasteiger partial charge in [0, 0.05) is 30.7 Å². The molecule has 0 unspecified atom stereocenters. The number of furan rings is 1. The van der Waals surface area contributed by atoms with Crippen LogP contribution >= 0.6 is 0 Å². The van der Waals surface area contributed by atoms with Gasteiger partial charge in [0.1, 0.15) is 11.9 Å². The number of rotatable bonds is 4. The third kappa shape index (κ3) is 3.40. The Labute approximate surface area is 198 Å². The Morgan fingerprint density at radius 1 is 1.12 bits per heavy atom. The zero-order chi connectivity index (χ0) is 24.4. The van der Waals surface area contributed by atoms with Gasteiger partial charge < -0.3 is 18.6 Å². The zero-order valence-corrected chi connectivity index (χ0v) is 20.1. The van der Waals surface area contributed by atoms with E-state index in [0.29, 0.717) is 25.2 Å². The second-order valence-electron chi connectivity index (χ2n) is 11.0. The third-order valence-corrected chi connectivity index (χ3v) is 8.92. The Hall–Kier alpha value is -2.64. The van der Waals surface area contributed by atoms with Crippen LogP contribution in [0.3, 0.4) is 0 Å². The van der Waals surface area contributed by atoms with Crippen LogP contribution in [0.1, 0.15) is 82.6 Å². The van der Waals surface area contributed by atoms with Gasteiger partial charge in [0.05, 0.1) is 25.2 Å². The first-order chi connectivity index (χ1) is 16.1. The Balaban J connectivity index is 1.57. The fourth-order valence-corrected chi connectivity index (χ4v) is 7.27. The number of Topliss-reactive ketones (excluding diaryl/α,β-unsaturated/α-hetero) is 1.